The van der Waals surface area contributed by atoms with Crippen LogP contribution in [-0.4, -0.2) is 35.0 Å². The van der Waals surface area contributed by atoms with E-state index >= 15 is 0 Å². The first-order valence-electron chi connectivity index (χ1n) is 10.1. The minimum atomic E-state index is -0.590. The van der Waals surface area contributed by atoms with Gasteiger partial charge in [0.25, 0.3) is 5.91 Å². The first-order valence-corrected chi connectivity index (χ1v) is 10.1. The number of phenols is 1. The van der Waals surface area contributed by atoms with Crippen LogP contribution in [0.15, 0.2) is 48.0 Å². The van der Waals surface area contributed by atoms with Crippen molar-refractivity contribution in [1.82, 2.24) is 10.2 Å². The van der Waals surface area contributed by atoms with Gasteiger partial charge in [0.05, 0.1) is 5.56 Å². The quantitative estimate of drug-likeness (QED) is 0.804. The number of hydrogen-bond donors (Lipinski definition) is 2. The Morgan fingerprint density at radius 3 is 2.48 bits per heavy atom. The maximum Gasteiger partial charge on any atom is 0.257 e. The smallest absolute Gasteiger partial charge is 0.257 e. The van der Waals surface area contributed by atoms with Crippen molar-refractivity contribution in [3.05, 3.63) is 70.5 Å². The largest absolute Gasteiger partial charge is 0.508 e. The zero-order valence-corrected chi connectivity index (χ0v) is 17.1. The van der Waals surface area contributed by atoms with Gasteiger partial charge in [-0.1, -0.05) is 29.8 Å². The molecule has 5 heteroatoms. The summed E-state index contributed by atoms with van der Waals surface area (Å²) in [4.78, 5) is 14.2. The van der Waals surface area contributed by atoms with E-state index in [0.717, 1.165) is 18.9 Å². The van der Waals surface area contributed by atoms with Crippen molar-refractivity contribution in [3.8, 4) is 5.75 Å². The summed E-state index contributed by atoms with van der Waals surface area (Å²) in [5.74, 6) is -1.03. The van der Waals surface area contributed by atoms with Gasteiger partial charge in [-0.25, -0.2) is 4.39 Å². The summed E-state index contributed by atoms with van der Waals surface area (Å²) in [6.07, 6.45) is 2.00. The molecule has 29 heavy (non-hydrogen) atoms. The lowest BCUT2D eigenvalue weighted by Gasteiger charge is -2.59. The summed E-state index contributed by atoms with van der Waals surface area (Å²) in [5, 5.41) is 13.3. The Labute approximate surface area is 171 Å². The second-order valence-electron chi connectivity index (χ2n) is 8.76. The highest BCUT2D eigenvalue weighted by atomic mass is 19.1. The average molecular weight is 394 g/mol. The van der Waals surface area contributed by atoms with Crippen molar-refractivity contribution < 1.29 is 14.3 Å². The number of aryl methyl sites for hydroxylation is 1. The number of allylic oxidation sites excluding steroid dienone is 1. The van der Waals surface area contributed by atoms with E-state index in [9.17, 15) is 14.3 Å². The molecule has 0 bridgehead atoms. The number of nitrogens with zero attached hydrogens (tertiary/aromatic N) is 1. The molecule has 2 aromatic rings. The van der Waals surface area contributed by atoms with Crippen molar-refractivity contribution in [1.29, 1.82) is 0 Å². The molecule has 152 valence electrons. The minimum Gasteiger partial charge on any atom is -0.508 e. The number of nitrogens with one attached hydrogen (secondary N) is 1. The number of amides is 1. The van der Waals surface area contributed by atoms with Crippen LogP contribution in [0.2, 0.25) is 0 Å². The molecule has 1 saturated carbocycles. The number of rotatable bonds is 4. The van der Waals surface area contributed by atoms with Crippen LogP contribution < -0.4 is 5.32 Å². The van der Waals surface area contributed by atoms with E-state index in [2.05, 4.69) is 50.4 Å². The zero-order valence-electron chi connectivity index (χ0n) is 17.1. The Bertz CT molecular complexity index is 980. The lowest BCUT2D eigenvalue weighted by Crippen LogP contribution is -2.67. The van der Waals surface area contributed by atoms with Crippen LogP contribution in [0.3, 0.4) is 0 Å². The van der Waals surface area contributed by atoms with Gasteiger partial charge in [0.2, 0.25) is 0 Å². The molecule has 1 saturated heterocycles. The molecule has 0 radical (unpaired) electrons. The monoisotopic (exact) mass is 394 g/mol. The van der Waals surface area contributed by atoms with Crippen LogP contribution in [0.5, 0.6) is 5.75 Å². The van der Waals surface area contributed by atoms with Crippen molar-refractivity contribution in [2.45, 2.75) is 39.7 Å². The van der Waals surface area contributed by atoms with Crippen molar-refractivity contribution in [2.75, 3.05) is 13.1 Å². The second kappa shape index (κ2) is 7.21. The number of hydrogen-bond acceptors (Lipinski definition) is 3. The Morgan fingerprint density at radius 1 is 1.14 bits per heavy atom. The molecule has 0 aromatic heterocycles. The van der Waals surface area contributed by atoms with Crippen LogP contribution in [0, 0.1) is 18.2 Å². The Kier molecular flexibility index (Phi) is 4.85. The standard InChI is InChI=1S/C24H27FN2O2/c1-15(2)22(19-7-5-4-6-16(19)3)26-17-11-24(12-17)13-27(14-24)23(29)20-10-18(28)8-9-21(20)25/h4-10,17,26,28H,11-14H2,1-3H3. The maximum atomic E-state index is 13.9. The fraction of sp³-hybridized carbons (Fsp3) is 0.375. The zero-order chi connectivity index (χ0) is 20.8. The Balaban J connectivity index is 1.36. The van der Waals surface area contributed by atoms with Gasteiger partial charge in [0.15, 0.2) is 0 Å². The van der Waals surface area contributed by atoms with Gasteiger partial charge in [-0.05, 0) is 57.4 Å². The van der Waals surface area contributed by atoms with Crippen LogP contribution in [-0.2, 0) is 0 Å². The number of likely N-dealkylation sites (tertiary alicyclic amines) is 1. The molecule has 1 spiro atoms. The molecule has 1 amide bonds. The lowest BCUT2D eigenvalue weighted by atomic mass is 9.60. The molecule has 1 heterocycles. The highest BCUT2D eigenvalue weighted by Crippen LogP contribution is 2.49. The normalized spacial score (nSPS) is 17.4. The minimum absolute atomic E-state index is 0.0553. The summed E-state index contributed by atoms with van der Waals surface area (Å²) in [7, 11) is 0. The summed E-state index contributed by atoms with van der Waals surface area (Å²) < 4.78 is 13.9. The van der Waals surface area contributed by atoms with E-state index in [0.29, 0.717) is 19.1 Å². The van der Waals surface area contributed by atoms with E-state index in [-0.39, 0.29) is 22.6 Å². The average Bonchev–Trinajstić information content (AvgIpc) is 2.61. The Hall–Kier alpha value is -2.82. The van der Waals surface area contributed by atoms with Gasteiger partial charge in [-0.2, -0.15) is 0 Å². The SMILES string of the molecule is CC(C)=C(NC1CC2(C1)CN(C(=O)c1cc(O)ccc1F)C2)c1ccccc1C. The van der Waals surface area contributed by atoms with Gasteiger partial charge in [-0.15, -0.1) is 0 Å². The Morgan fingerprint density at radius 2 is 1.83 bits per heavy atom. The molecule has 2 fully saturated rings. The van der Waals surface area contributed by atoms with E-state index in [4.69, 9.17) is 0 Å². The van der Waals surface area contributed by atoms with E-state index in [1.807, 2.05) is 0 Å². The predicted octanol–water partition coefficient (Wildman–Crippen LogP) is 4.49. The first-order chi connectivity index (χ1) is 13.8. The molecule has 1 aliphatic carbocycles. The molecule has 2 aromatic carbocycles. The third-order valence-electron chi connectivity index (χ3n) is 6.14. The number of aromatic hydroxyl groups is 1. The summed E-state index contributed by atoms with van der Waals surface area (Å²) in [6, 6.07) is 12.4. The van der Waals surface area contributed by atoms with E-state index in [1.165, 1.54) is 34.5 Å². The summed E-state index contributed by atoms with van der Waals surface area (Å²) >= 11 is 0. The third-order valence-corrected chi connectivity index (χ3v) is 6.14. The predicted molar refractivity (Wildman–Crippen MR) is 112 cm³/mol. The first kappa shape index (κ1) is 19.5. The molecule has 2 N–H and O–H groups in total. The van der Waals surface area contributed by atoms with Crippen molar-refractivity contribution >= 4 is 11.6 Å². The molecular formula is C24H27FN2O2. The van der Waals surface area contributed by atoms with Crippen LogP contribution >= 0.6 is 0 Å². The van der Waals surface area contributed by atoms with E-state index < -0.39 is 5.82 Å². The molecule has 4 nitrogen and oxygen atoms in total. The van der Waals surface area contributed by atoms with Crippen LogP contribution in [0.4, 0.5) is 4.39 Å². The van der Waals surface area contributed by atoms with Gasteiger partial charge in [0.1, 0.15) is 11.6 Å². The number of carbonyl (C=O) groups is 1. The topological polar surface area (TPSA) is 52.6 Å². The fourth-order valence-corrected chi connectivity index (χ4v) is 4.65. The lowest BCUT2D eigenvalue weighted by molar-refractivity contribution is -0.0581. The molecular weight excluding hydrogens is 367 g/mol. The second-order valence-corrected chi connectivity index (χ2v) is 8.76. The van der Waals surface area contributed by atoms with Crippen LogP contribution in [0.1, 0.15) is 48.2 Å². The molecule has 1 aliphatic heterocycles. The fourth-order valence-electron chi connectivity index (χ4n) is 4.65. The number of halogens is 1. The molecule has 2 aliphatic rings. The molecule has 0 unspecified atom stereocenters. The maximum absolute atomic E-state index is 13.9. The number of phenolic OH excluding ortho intramolecular Hbond substituents is 1. The van der Waals surface area contributed by atoms with Gasteiger partial charge >= 0.3 is 0 Å². The highest BCUT2D eigenvalue weighted by Gasteiger charge is 2.54. The van der Waals surface area contributed by atoms with Crippen LogP contribution in [0.25, 0.3) is 5.70 Å². The third kappa shape index (κ3) is 3.61. The van der Waals surface area contributed by atoms with Crippen molar-refractivity contribution in [3.63, 3.8) is 0 Å². The number of benzene rings is 2. The number of carbonyl (C=O) groups excluding carboxylic acids is 1. The van der Waals surface area contributed by atoms with Gasteiger partial charge in [0, 0.05) is 35.8 Å². The van der Waals surface area contributed by atoms with Gasteiger partial charge in [-0.3, -0.25) is 4.79 Å². The summed E-state index contributed by atoms with van der Waals surface area (Å²) in [6.45, 7) is 7.66. The summed E-state index contributed by atoms with van der Waals surface area (Å²) in [5.41, 5.74) is 5.01. The van der Waals surface area contributed by atoms with Gasteiger partial charge < -0.3 is 15.3 Å². The van der Waals surface area contributed by atoms with E-state index in [1.54, 1.807) is 4.90 Å². The van der Waals surface area contributed by atoms with Crippen molar-refractivity contribution in [2.24, 2.45) is 5.41 Å². The molecule has 4 rings (SSSR count). The highest BCUT2D eigenvalue weighted by molar-refractivity contribution is 5.95. The molecule has 0 atom stereocenters.